The summed E-state index contributed by atoms with van der Waals surface area (Å²) in [7, 11) is 0. The number of hydrogen-bond acceptors (Lipinski definition) is 5. The monoisotopic (exact) mass is 337 g/mol. The molecule has 4 aromatic rings. The minimum atomic E-state index is -0.406. The summed E-state index contributed by atoms with van der Waals surface area (Å²) >= 11 is 0. The van der Waals surface area contributed by atoms with E-state index in [0.29, 0.717) is 38.8 Å². The Morgan fingerprint density at radius 3 is 2.52 bits per heavy atom. The van der Waals surface area contributed by atoms with E-state index in [-0.39, 0.29) is 19.0 Å². The van der Waals surface area contributed by atoms with Crippen molar-refractivity contribution in [3.63, 3.8) is 0 Å². The van der Waals surface area contributed by atoms with Gasteiger partial charge in [-0.25, -0.2) is 14.3 Å². The molecule has 7 nitrogen and oxygen atoms in total. The van der Waals surface area contributed by atoms with Gasteiger partial charge in [0.2, 0.25) is 0 Å². The summed E-state index contributed by atoms with van der Waals surface area (Å²) in [4.78, 5) is 12.1. The third-order valence-electron chi connectivity index (χ3n) is 4.35. The van der Waals surface area contributed by atoms with Crippen molar-refractivity contribution >= 4 is 16.6 Å². The highest BCUT2D eigenvalue weighted by Gasteiger charge is 2.15. The van der Waals surface area contributed by atoms with E-state index in [9.17, 15) is 20.1 Å². The topological polar surface area (TPSA) is 111 Å². The summed E-state index contributed by atoms with van der Waals surface area (Å²) < 4.78 is 1.39. The largest absolute Gasteiger partial charge is 0.507 e. The van der Waals surface area contributed by atoms with Gasteiger partial charge >= 0.3 is 5.69 Å². The molecule has 0 fully saturated rings. The van der Waals surface area contributed by atoms with Crippen LogP contribution in [0.2, 0.25) is 0 Å². The van der Waals surface area contributed by atoms with Gasteiger partial charge in [0, 0.05) is 10.9 Å². The Kier molecular flexibility index (Phi) is 3.52. The second kappa shape index (κ2) is 5.73. The smallest absolute Gasteiger partial charge is 0.348 e. The van der Waals surface area contributed by atoms with Gasteiger partial charge in [-0.15, -0.1) is 0 Å². The lowest BCUT2D eigenvalue weighted by Crippen LogP contribution is -2.10. The third-order valence-corrected chi connectivity index (χ3v) is 4.35. The maximum Gasteiger partial charge on any atom is 0.348 e. The molecule has 4 rings (SSSR count). The van der Waals surface area contributed by atoms with E-state index in [0.717, 1.165) is 0 Å². The molecule has 0 amide bonds. The number of phenols is 1. The van der Waals surface area contributed by atoms with Crippen LogP contribution in [0.25, 0.3) is 27.7 Å². The quantitative estimate of drug-likeness (QED) is 0.453. The van der Waals surface area contributed by atoms with Crippen molar-refractivity contribution in [1.29, 1.82) is 0 Å². The molecule has 0 spiro atoms. The van der Waals surface area contributed by atoms with Crippen LogP contribution < -0.4 is 5.69 Å². The first-order chi connectivity index (χ1) is 12.1. The molecule has 25 heavy (non-hydrogen) atoms. The number of aromatic amines is 1. The highest BCUT2D eigenvalue weighted by molar-refractivity contribution is 5.92. The molecule has 0 saturated heterocycles. The highest BCUT2D eigenvalue weighted by atomic mass is 16.3. The molecule has 0 atom stereocenters. The van der Waals surface area contributed by atoms with E-state index in [2.05, 4.69) is 10.2 Å². The Balaban J connectivity index is 2.15. The Morgan fingerprint density at radius 2 is 1.76 bits per heavy atom. The first kappa shape index (κ1) is 15.4. The Labute approximate surface area is 141 Å². The van der Waals surface area contributed by atoms with Gasteiger partial charge in [-0.2, -0.15) is 5.10 Å². The molecule has 0 bridgehead atoms. The van der Waals surface area contributed by atoms with Crippen LogP contribution in [0, 0.1) is 0 Å². The average molecular weight is 337 g/mol. The zero-order valence-corrected chi connectivity index (χ0v) is 13.1. The van der Waals surface area contributed by atoms with Crippen molar-refractivity contribution in [2.24, 2.45) is 0 Å². The molecular weight excluding hydrogens is 322 g/mol. The van der Waals surface area contributed by atoms with Crippen LogP contribution in [0.4, 0.5) is 0 Å². The number of nitrogens with one attached hydrogen (secondary N) is 1. The van der Waals surface area contributed by atoms with Crippen LogP contribution in [-0.2, 0) is 13.2 Å². The van der Waals surface area contributed by atoms with E-state index >= 15 is 0 Å². The van der Waals surface area contributed by atoms with Crippen LogP contribution in [-0.4, -0.2) is 29.9 Å². The number of pyridine rings is 1. The molecule has 0 aliphatic rings. The first-order valence-electron chi connectivity index (χ1n) is 7.69. The predicted octanol–water partition coefficient (Wildman–Crippen LogP) is 1.53. The summed E-state index contributed by atoms with van der Waals surface area (Å²) in [5.74, 6) is -0.000932. The number of fused-ring (bicyclic) bond motifs is 3. The molecule has 0 aliphatic heterocycles. The second-order valence-electron chi connectivity index (χ2n) is 5.75. The number of aliphatic hydroxyl groups excluding tert-OH is 2. The standard InChI is InChI=1S/C18H15N3O4/c22-8-10-3-1-2-4-12(10)14-6-15-13(7-16(14)24)11(9-23)5-17-19-20-18(25)21(15)17/h1-7,22-24H,8-9H2,(H,20,25). The third kappa shape index (κ3) is 2.29. The van der Waals surface area contributed by atoms with Crippen molar-refractivity contribution in [2.75, 3.05) is 0 Å². The number of benzene rings is 2. The number of aromatic nitrogens is 3. The van der Waals surface area contributed by atoms with Crippen LogP contribution in [0.3, 0.4) is 0 Å². The fourth-order valence-corrected chi connectivity index (χ4v) is 3.16. The Morgan fingerprint density at radius 1 is 1.00 bits per heavy atom. The fraction of sp³-hybridized carbons (Fsp3) is 0.111. The normalized spacial score (nSPS) is 11.4. The molecule has 126 valence electrons. The number of aromatic hydroxyl groups is 1. The van der Waals surface area contributed by atoms with E-state index in [4.69, 9.17) is 0 Å². The SMILES string of the molecule is O=c1[nH]nc2cc(CO)c3cc(O)c(-c4ccccc4CO)cc3n12. The fourth-order valence-electron chi connectivity index (χ4n) is 3.16. The van der Waals surface area contributed by atoms with E-state index in [1.54, 1.807) is 30.3 Å². The van der Waals surface area contributed by atoms with E-state index in [1.165, 1.54) is 10.5 Å². The second-order valence-corrected chi connectivity index (χ2v) is 5.75. The molecular formula is C18H15N3O4. The zero-order valence-electron chi connectivity index (χ0n) is 13.1. The lowest BCUT2D eigenvalue weighted by atomic mass is 9.96. The molecule has 0 aliphatic carbocycles. The average Bonchev–Trinajstić information content (AvgIpc) is 3.01. The minimum absolute atomic E-state index is 0.000932. The molecule has 2 aromatic heterocycles. The van der Waals surface area contributed by atoms with Crippen molar-refractivity contribution in [1.82, 2.24) is 14.6 Å². The van der Waals surface area contributed by atoms with Gasteiger partial charge in [0.15, 0.2) is 5.65 Å². The maximum absolute atomic E-state index is 12.1. The Bertz CT molecular complexity index is 1160. The van der Waals surface area contributed by atoms with Crippen LogP contribution in [0.5, 0.6) is 5.75 Å². The number of rotatable bonds is 3. The number of aliphatic hydroxyl groups is 2. The number of hydrogen-bond donors (Lipinski definition) is 4. The van der Waals surface area contributed by atoms with Crippen LogP contribution >= 0.6 is 0 Å². The lowest BCUT2D eigenvalue weighted by molar-refractivity contribution is 0.282. The summed E-state index contributed by atoms with van der Waals surface area (Å²) in [6, 6.07) is 11.9. The van der Waals surface area contributed by atoms with E-state index in [1.807, 2.05) is 6.07 Å². The molecule has 7 heteroatoms. The maximum atomic E-state index is 12.1. The number of H-pyrrole nitrogens is 1. The van der Waals surface area contributed by atoms with Gasteiger partial charge in [-0.3, -0.25) is 0 Å². The van der Waals surface area contributed by atoms with Gasteiger partial charge in [-0.1, -0.05) is 24.3 Å². The number of nitrogens with zero attached hydrogens (tertiary/aromatic N) is 2. The van der Waals surface area contributed by atoms with Gasteiger partial charge in [0.25, 0.3) is 0 Å². The van der Waals surface area contributed by atoms with Gasteiger partial charge in [0.05, 0.1) is 18.7 Å². The minimum Gasteiger partial charge on any atom is -0.507 e. The van der Waals surface area contributed by atoms with Crippen molar-refractivity contribution in [3.8, 4) is 16.9 Å². The summed E-state index contributed by atoms with van der Waals surface area (Å²) in [5, 5.41) is 36.6. The first-order valence-corrected chi connectivity index (χ1v) is 7.69. The summed E-state index contributed by atoms with van der Waals surface area (Å²) in [6.45, 7) is -0.425. The summed E-state index contributed by atoms with van der Waals surface area (Å²) in [5.41, 5.74) is 2.86. The molecule has 0 saturated carbocycles. The molecule has 0 unspecified atom stereocenters. The van der Waals surface area contributed by atoms with Gasteiger partial charge in [-0.05, 0) is 34.9 Å². The highest BCUT2D eigenvalue weighted by Crippen LogP contribution is 2.36. The summed E-state index contributed by atoms with van der Waals surface area (Å²) in [6.07, 6.45) is 0. The molecule has 0 radical (unpaired) electrons. The predicted molar refractivity (Wildman–Crippen MR) is 92.3 cm³/mol. The molecule has 4 N–H and O–H groups in total. The van der Waals surface area contributed by atoms with Crippen LogP contribution in [0.1, 0.15) is 11.1 Å². The van der Waals surface area contributed by atoms with Crippen molar-refractivity contribution < 1.29 is 15.3 Å². The molecule has 2 heterocycles. The van der Waals surface area contributed by atoms with E-state index < -0.39 is 5.69 Å². The number of phenolic OH excluding ortho intramolecular Hbond substituents is 1. The van der Waals surface area contributed by atoms with Gasteiger partial charge < -0.3 is 15.3 Å². The molecule has 2 aromatic carbocycles. The van der Waals surface area contributed by atoms with Crippen molar-refractivity contribution in [3.05, 3.63) is 64.1 Å². The van der Waals surface area contributed by atoms with Gasteiger partial charge in [0.1, 0.15) is 5.75 Å². The van der Waals surface area contributed by atoms with Crippen LogP contribution in [0.15, 0.2) is 47.3 Å². The Hall–Kier alpha value is -3.16. The zero-order chi connectivity index (χ0) is 17.6. The van der Waals surface area contributed by atoms with Crippen molar-refractivity contribution in [2.45, 2.75) is 13.2 Å². The lowest BCUT2D eigenvalue weighted by Gasteiger charge is -2.13.